The molecule has 0 aromatic rings. The molecule has 1 atom stereocenters. The van der Waals surface area contributed by atoms with Crippen LogP contribution in [0.1, 0.15) is 19.8 Å². The average Bonchev–Trinajstić information content (AvgIpc) is 2.43. The van der Waals surface area contributed by atoms with E-state index < -0.39 is 0 Å². The lowest BCUT2D eigenvalue weighted by Crippen LogP contribution is -2.38. The Balaban J connectivity index is 1.82. The van der Waals surface area contributed by atoms with Crippen molar-refractivity contribution in [2.45, 2.75) is 19.8 Å². The van der Waals surface area contributed by atoms with E-state index in [2.05, 4.69) is 17.1 Å². The minimum absolute atomic E-state index is 0.504. The van der Waals surface area contributed by atoms with Crippen LogP contribution in [0.5, 0.6) is 0 Å². The van der Waals surface area contributed by atoms with Gasteiger partial charge in [-0.1, -0.05) is 6.92 Å². The van der Waals surface area contributed by atoms with Gasteiger partial charge in [-0.2, -0.15) is 0 Å². The molecule has 3 nitrogen and oxygen atoms in total. The van der Waals surface area contributed by atoms with Crippen molar-refractivity contribution in [3.8, 4) is 0 Å². The Bertz CT molecular complexity index is 170. The maximum absolute atomic E-state index is 5.46. The van der Waals surface area contributed by atoms with Crippen molar-refractivity contribution < 1.29 is 4.74 Å². The molecule has 0 radical (unpaired) electrons. The Morgan fingerprint density at radius 2 is 2.29 bits per heavy atom. The van der Waals surface area contributed by atoms with Crippen molar-refractivity contribution in [2.75, 3.05) is 45.9 Å². The molecular formula is C11H22N2O. The van der Waals surface area contributed by atoms with E-state index >= 15 is 0 Å². The Morgan fingerprint density at radius 3 is 3.07 bits per heavy atom. The van der Waals surface area contributed by atoms with Crippen molar-refractivity contribution in [2.24, 2.45) is 5.41 Å². The molecule has 0 aromatic carbocycles. The van der Waals surface area contributed by atoms with Gasteiger partial charge < -0.3 is 15.0 Å². The normalized spacial score (nSPS) is 35.8. The zero-order valence-corrected chi connectivity index (χ0v) is 9.22. The fraction of sp³-hybridized carbons (Fsp3) is 1.00. The standard InChI is InChI=1S/C11H22N2O/c1-11(3-4-12-9-11)10-13-5-2-7-14-8-6-13/h12H,2-10H2,1H3. The molecular weight excluding hydrogens is 176 g/mol. The van der Waals surface area contributed by atoms with Gasteiger partial charge in [0.25, 0.3) is 0 Å². The first kappa shape index (κ1) is 10.4. The number of nitrogens with one attached hydrogen (secondary N) is 1. The summed E-state index contributed by atoms with van der Waals surface area (Å²) in [6.45, 7) is 10.2. The fourth-order valence-corrected chi connectivity index (χ4v) is 2.50. The van der Waals surface area contributed by atoms with Crippen LogP contribution in [0.15, 0.2) is 0 Å². The maximum Gasteiger partial charge on any atom is 0.0593 e. The van der Waals surface area contributed by atoms with Gasteiger partial charge in [-0.15, -0.1) is 0 Å². The van der Waals surface area contributed by atoms with E-state index in [1.165, 1.54) is 39.0 Å². The highest BCUT2D eigenvalue weighted by molar-refractivity contribution is 4.86. The summed E-state index contributed by atoms with van der Waals surface area (Å²) in [6, 6.07) is 0. The lowest BCUT2D eigenvalue weighted by atomic mass is 9.89. The highest BCUT2D eigenvalue weighted by Crippen LogP contribution is 2.25. The Hall–Kier alpha value is -0.120. The van der Waals surface area contributed by atoms with Crippen LogP contribution >= 0.6 is 0 Å². The Kier molecular flexibility index (Phi) is 3.42. The van der Waals surface area contributed by atoms with Crippen LogP contribution in [-0.4, -0.2) is 50.8 Å². The van der Waals surface area contributed by atoms with Gasteiger partial charge in [-0.3, -0.25) is 0 Å². The first-order chi connectivity index (χ1) is 6.79. The molecule has 0 aromatic heterocycles. The number of hydrogen-bond donors (Lipinski definition) is 1. The number of hydrogen-bond acceptors (Lipinski definition) is 3. The third-order valence-electron chi connectivity index (χ3n) is 3.38. The second-order valence-corrected chi connectivity index (χ2v) is 4.98. The van der Waals surface area contributed by atoms with Gasteiger partial charge in [0.15, 0.2) is 0 Å². The van der Waals surface area contributed by atoms with E-state index in [1.807, 2.05) is 0 Å². The first-order valence-corrected chi connectivity index (χ1v) is 5.79. The minimum atomic E-state index is 0.504. The molecule has 2 saturated heterocycles. The molecule has 2 rings (SSSR count). The predicted octanol–water partition coefficient (Wildman–Crippen LogP) is 0.708. The van der Waals surface area contributed by atoms with E-state index in [9.17, 15) is 0 Å². The van der Waals surface area contributed by atoms with Crippen LogP contribution in [0, 0.1) is 5.41 Å². The fourth-order valence-electron chi connectivity index (χ4n) is 2.50. The highest BCUT2D eigenvalue weighted by atomic mass is 16.5. The molecule has 0 amide bonds. The van der Waals surface area contributed by atoms with Crippen molar-refractivity contribution in [1.29, 1.82) is 0 Å². The average molecular weight is 198 g/mol. The Morgan fingerprint density at radius 1 is 1.36 bits per heavy atom. The van der Waals surface area contributed by atoms with E-state index in [4.69, 9.17) is 4.74 Å². The molecule has 1 unspecified atom stereocenters. The molecule has 2 aliphatic rings. The summed E-state index contributed by atoms with van der Waals surface area (Å²) < 4.78 is 5.46. The van der Waals surface area contributed by atoms with E-state index in [0.29, 0.717) is 5.41 Å². The van der Waals surface area contributed by atoms with Crippen molar-refractivity contribution in [3.63, 3.8) is 0 Å². The van der Waals surface area contributed by atoms with E-state index in [1.54, 1.807) is 0 Å². The van der Waals surface area contributed by atoms with Gasteiger partial charge in [0.2, 0.25) is 0 Å². The smallest absolute Gasteiger partial charge is 0.0593 e. The Labute approximate surface area is 86.8 Å². The predicted molar refractivity (Wildman–Crippen MR) is 57.5 cm³/mol. The van der Waals surface area contributed by atoms with Crippen LogP contribution in [-0.2, 0) is 4.74 Å². The van der Waals surface area contributed by atoms with Crippen molar-refractivity contribution >= 4 is 0 Å². The van der Waals surface area contributed by atoms with E-state index in [-0.39, 0.29) is 0 Å². The highest BCUT2D eigenvalue weighted by Gasteiger charge is 2.30. The third kappa shape index (κ3) is 2.69. The van der Waals surface area contributed by atoms with Gasteiger partial charge >= 0.3 is 0 Å². The molecule has 1 N–H and O–H groups in total. The first-order valence-electron chi connectivity index (χ1n) is 5.79. The van der Waals surface area contributed by atoms with E-state index in [0.717, 1.165) is 19.8 Å². The van der Waals surface area contributed by atoms with Crippen molar-refractivity contribution in [3.05, 3.63) is 0 Å². The van der Waals surface area contributed by atoms with Crippen LogP contribution in [0.25, 0.3) is 0 Å². The monoisotopic (exact) mass is 198 g/mol. The summed E-state index contributed by atoms with van der Waals surface area (Å²) >= 11 is 0. The summed E-state index contributed by atoms with van der Waals surface area (Å²) in [4.78, 5) is 2.57. The van der Waals surface area contributed by atoms with Crippen LogP contribution in [0.4, 0.5) is 0 Å². The van der Waals surface area contributed by atoms with Gasteiger partial charge in [0, 0.05) is 32.8 Å². The summed E-state index contributed by atoms with van der Waals surface area (Å²) in [5.74, 6) is 0. The third-order valence-corrected chi connectivity index (χ3v) is 3.38. The van der Waals surface area contributed by atoms with Crippen LogP contribution in [0.2, 0.25) is 0 Å². The molecule has 2 fully saturated rings. The number of ether oxygens (including phenoxy) is 1. The van der Waals surface area contributed by atoms with Gasteiger partial charge in [-0.25, -0.2) is 0 Å². The maximum atomic E-state index is 5.46. The largest absolute Gasteiger partial charge is 0.380 e. The SMILES string of the molecule is CC1(CN2CCCOCC2)CCNC1. The van der Waals surface area contributed by atoms with Gasteiger partial charge in [0.1, 0.15) is 0 Å². The summed E-state index contributed by atoms with van der Waals surface area (Å²) in [6.07, 6.45) is 2.52. The number of rotatable bonds is 2. The molecule has 0 aliphatic carbocycles. The van der Waals surface area contributed by atoms with Gasteiger partial charge in [0.05, 0.1) is 6.61 Å². The summed E-state index contributed by atoms with van der Waals surface area (Å²) in [5, 5.41) is 3.46. The van der Waals surface area contributed by atoms with Crippen LogP contribution < -0.4 is 5.32 Å². The number of nitrogens with zero attached hydrogens (tertiary/aromatic N) is 1. The molecule has 14 heavy (non-hydrogen) atoms. The van der Waals surface area contributed by atoms with Gasteiger partial charge in [-0.05, 0) is 24.8 Å². The van der Waals surface area contributed by atoms with Crippen LogP contribution in [0.3, 0.4) is 0 Å². The molecule has 3 heteroatoms. The summed E-state index contributed by atoms with van der Waals surface area (Å²) in [7, 11) is 0. The molecule has 2 aliphatic heterocycles. The molecule has 0 bridgehead atoms. The lowest BCUT2D eigenvalue weighted by Gasteiger charge is -2.30. The molecule has 0 spiro atoms. The second-order valence-electron chi connectivity index (χ2n) is 4.98. The zero-order valence-electron chi connectivity index (χ0n) is 9.22. The second kappa shape index (κ2) is 4.60. The zero-order chi connectivity index (χ0) is 9.86. The molecule has 2 heterocycles. The molecule has 0 saturated carbocycles. The topological polar surface area (TPSA) is 24.5 Å². The summed E-state index contributed by atoms with van der Waals surface area (Å²) in [5.41, 5.74) is 0.504. The quantitative estimate of drug-likeness (QED) is 0.707. The minimum Gasteiger partial charge on any atom is -0.380 e. The van der Waals surface area contributed by atoms with Crippen molar-refractivity contribution in [1.82, 2.24) is 10.2 Å². The lowest BCUT2D eigenvalue weighted by molar-refractivity contribution is 0.130. The molecule has 82 valence electrons.